The van der Waals surface area contributed by atoms with Crippen molar-refractivity contribution in [1.82, 2.24) is 0 Å². The van der Waals surface area contributed by atoms with Crippen molar-refractivity contribution in [2.45, 2.75) is 13.2 Å². The molecule has 4 N–H and O–H groups in total. The van der Waals surface area contributed by atoms with Gasteiger partial charge in [-0.25, -0.2) is 0 Å². The van der Waals surface area contributed by atoms with Crippen LogP contribution in [0.4, 0.5) is 5.69 Å². The smallest absolute Gasteiger partial charge is 0.121 e. The zero-order valence-corrected chi connectivity index (χ0v) is 9.80. The van der Waals surface area contributed by atoms with Crippen LogP contribution in [0.25, 0.3) is 0 Å². The fourth-order valence-electron chi connectivity index (χ4n) is 1.64. The number of nitrogens with one attached hydrogen (secondary N) is 1. The number of phenolic OH excluding ortho intramolecular Hbond substituents is 1. The Morgan fingerprint density at radius 3 is 2.33 bits per heavy atom. The first kappa shape index (κ1) is 12.3. The van der Waals surface area contributed by atoms with E-state index in [0.29, 0.717) is 12.1 Å². The van der Waals surface area contributed by atoms with Crippen molar-refractivity contribution >= 4 is 5.69 Å². The SMILES string of the molecule is OCc1cc(NCc2ccc(O)cc2)ccc1O. The molecule has 0 aliphatic heterocycles. The minimum atomic E-state index is -0.194. The van der Waals surface area contributed by atoms with Gasteiger partial charge in [-0.1, -0.05) is 12.1 Å². The van der Waals surface area contributed by atoms with Gasteiger partial charge in [-0.3, -0.25) is 0 Å². The Kier molecular flexibility index (Phi) is 3.69. The maximum atomic E-state index is 9.44. The number of aliphatic hydroxyl groups excluding tert-OH is 1. The maximum Gasteiger partial charge on any atom is 0.121 e. The third-order valence-corrected chi connectivity index (χ3v) is 2.68. The molecule has 0 aliphatic rings. The van der Waals surface area contributed by atoms with E-state index in [4.69, 9.17) is 10.2 Å². The van der Waals surface area contributed by atoms with Gasteiger partial charge in [0.25, 0.3) is 0 Å². The summed E-state index contributed by atoms with van der Waals surface area (Å²) < 4.78 is 0. The number of rotatable bonds is 4. The van der Waals surface area contributed by atoms with Crippen LogP contribution in [0.5, 0.6) is 11.5 Å². The van der Waals surface area contributed by atoms with Crippen LogP contribution in [-0.4, -0.2) is 15.3 Å². The van der Waals surface area contributed by atoms with Crippen molar-refractivity contribution in [3.05, 3.63) is 53.6 Å². The van der Waals surface area contributed by atoms with Crippen LogP contribution >= 0.6 is 0 Å². The number of anilines is 1. The largest absolute Gasteiger partial charge is 0.508 e. The van der Waals surface area contributed by atoms with Crippen molar-refractivity contribution in [2.75, 3.05) is 5.32 Å². The van der Waals surface area contributed by atoms with Crippen molar-refractivity contribution in [2.24, 2.45) is 0 Å². The van der Waals surface area contributed by atoms with Crippen LogP contribution in [-0.2, 0) is 13.2 Å². The van der Waals surface area contributed by atoms with E-state index in [-0.39, 0.29) is 18.1 Å². The highest BCUT2D eigenvalue weighted by molar-refractivity contribution is 5.51. The van der Waals surface area contributed by atoms with Crippen molar-refractivity contribution in [3.63, 3.8) is 0 Å². The Hall–Kier alpha value is -2.20. The molecular formula is C14H15NO3. The van der Waals surface area contributed by atoms with Crippen LogP contribution < -0.4 is 5.32 Å². The molecule has 2 aromatic carbocycles. The van der Waals surface area contributed by atoms with E-state index in [1.54, 1.807) is 30.3 Å². The molecule has 4 nitrogen and oxygen atoms in total. The molecular weight excluding hydrogens is 230 g/mol. The molecule has 94 valence electrons. The molecule has 0 unspecified atom stereocenters. The summed E-state index contributed by atoms with van der Waals surface area (Å²) in [6.07, 6.45) is 0. The Bertz CT molecular complexity index is 523. The number of hydrogen-bond acceptors (Lipinski definition) is 4. The van der Waals surface area contributed by atoms with Crippen molar-refractivity contribution < 1.29 is 15.3 Å². The van der Waals surface area contributed by atoms with Gasteiger partial charge in [0.1, 0.15) is 11.5 Å². The molecule has 0 amide bonds. The molecule has 0 atom stereocenters. The minimum absolute atomic E-state index is 0.0904. The Morgan fingerprint density at radius 2 is 1.67 bits per heavy atom. The number of benzene rings is 2. The highest BCUT2D eigenvalue weighted by atomic mass is 16.3. The summed E-state index contributed by atoms with van der Waals surface area (Å²) >= 11 is 0. The normalized spacial score (nSPS) is 10.3. The first-order chi connectivity index (χ1) is 8.69. The van der Waals surface area contributed by atoms with Gasteiger partial charge >= 0.3 is 0 Å². The molecule has 18 heavy (non-hydrogen) atoms. The molecule has 0 spiro atoms. The summed E-state index contributed by atoms with van der Waals surface area (Å²) in [5, 5.41) is 30.8. The maximum absolute atomic E-state index is 9.44. The standard InChI is InChI=1S/C14H15NO3/c16-9-11-7-12(3-6-14(11)18)15-8-10-1-4-13(17)5-2-10/h1-7,15-18H,8-9H2. The molecule has 2 aromatic rings. The third-order valence-electron chi connectivity index (χ3n) is 2.68. The molecule has 0 saturated heterocycles. The molecule has 0 saturated carbocycles. The van der Waals surface area contributed by atoms with Gasteiger partial charge in [0.15, 0.2) is 0 Å². The predicted molar refractivity (Wildman–Crippen MR) is 69.5 cm³/mol. The van der Waals surface area contributed by atoms with E-state index in [1.165, 1.54) is 0 Å². The number of phenols is 2. The molecule has 0 aromatic heterocycles. The summed E-state index contributed by atoms with van der Waals surface area (Å²) in [7, 11) is 0. The molecule has 4 heteroatoms. The van der Waals surface area contributed by atoms with Gasteiger partial charge in [0.05, 0.1) is 6.61 Å². The highest BCUT2D eigenvalue weighted by Crippen LogP contribution is 2.22. The quantitative estimate of drug-likeness (QED) is 0.623. The highest BCUT2D eigenvalue weighted by Gasteiger charge is 2.01. The monoisotopic (exact) mass is 245 g/mol. The second-order valence-corrected chi connectivity index (χ2v) is 4.02. The topological polar surface area (TPSA) is 72.7 Å². The van der Waals surface area contributed by atoms with Gasteiger partial charge < -0.3 is 20.6 Å². The van der Waals surface area contributed by atoms with Gasteiger partial charge in [-0.05, 0) is 35.9 Å². The van der Waals surface area contributed by atoms with E-state index in [9.17, 15) is 5.11 Å². The zero-order chi connectivity index (χ0) is 13.0. The van der Waals surface area contributed by atoms with Gasteiger partial charge in [0.2, 0.25) is 0 Å². The molecule has 0 bridgehead atoms. The van der Waals surface area contributed by atoms with E-state index in [0.717, 1.165) is 11.3 Å². The van der Waals surface area contributed by atoms with Crippen molar-refractivity contribution in [1.29, 1.82) is 0 Å². The number of aromatic hydroxyl groups is 2. The average Bonchev–Trinajstić information content (AvgIpc) is 2.39. The summed E-state index contributed by atoms with van der Waals surface area (Å²) in [6, 6.07) is 11.9. The van der Waals surface area contributed by atoms with Crippen LogP contribution in [0.15, 0.2) is 42.5 Å². The molecule has 0 fully saturated rings. The fourth-order valence-corrected chi connectivity index (χ4v) is 1.64. The fraction of sp³-hybridized carbons (Fsp3) is 0.143. The van der Waals surface area contributed by atoms with Crippen LogP contribution in [0, 0.1) is 0 Å². The average molecular weight is 245 g/mol. The van der Waals surface area contributed by atoms with Crippen LogP contribution in [0.1, 0.15) is 11.1 Å². The van der Waals surface area contributed by atoms with Gasteiger partial charge in [-0.15, -0.1) is 0 Å². The Labute approximate surface area is 105 Å². The first-order valence-electron chi connectivity index (χ1n) is 5.63. The van der Waals surface area contributed by atoms with E-state index in [1.807, 2.05) is 12.1 Å². The van der Waals surface area contributed by atoms with E-state index >= 15 is 0 Å². The lowest BCUT2D eigenvalue weighted by atomic mass is 10.1. The summed E-state index contributed by atoms with van der Waals surface area (Å²) in [5.41, 5.74) is 2.35. The minimum Gasteiger partial charge on any atom is -0.508 e. The van der Waals surface area contributed by atoms with E-state index in [2.05, 4.69) is 5.32 Å². The lowest BCUT2D eigenvalue weighted by Gasteiger charge is -2.09. The number of hydrogen-bond donors (Lipinski definition) is 4. The molecule has 0 radical (unpaired) electrons. The predicted octanol–water partition coefficient (Wildman–Crippen LogP) is 2.20. The summed E-state index contributed by atoms with van der Waals surface area (Å²) in [4.78, 5) is 0. The summed E-state index contributed by atoms with van der Waals surface area (Å²) in [5.74, 6) is 0.332. The lowest BCUT2D eigenvalue weighted by Crippen LogP contribution is -1.99. The number of aliphatic hydroxyl groups is 1. The Balaban J connectivity index is 2.04. The molecule has 2 rings (SSSR count). The molecule has 0 aliphatic carbocycles. The molecule has 0 heterocycles. The summed E-state index contributed by atoms with van der Waals surface area (Å²) in [6.45, 7) is 0.413. The third kappa shape index (κ3) is 2.93. The van der Waals surface area contributed by atoms with Crippen molar-refractivity contribution in [3.8, 4) is 11.5 Å². The van der Waals surface area contributed by atoms with E-state index < -0.39 is 0 Å². The van der Waals surface area contributed by atoms with Gasteiger partial charge in [-0.2, -0.15) is 0 Å². The lowest BCUT2D eigenvalue weighted by molar-refractivity contribution is 0.275. The second-order valence-electron chi connectivity index (χ2n) is 4.02. The second kappa shape index (κ2) is 5.42. The first-order valence-corrected chi connectivity index (χ1v) is 5.63. The Morgan fingerprint density at radius 1 is 0.944 bits per heavy atom. The van der Waals surface area contributed by atoms with Gasteiger partial charge in [0, 0.05) is 17.8 Å². The van der Waals surface area contributed by atoms with Crippen LogP contribution in [0.3, 0.4) is 0 Å². The van der Waals surface area contributed by atoms with Crippen LogP contribution in [0.2, 0.25) is 0 Å². The zero-order valence-electron chi connectivity index (χ0n) is 9.80.